The van der Waals surface area contributed by atoms with Crippen molar-refractivity contribution in [2.75, 3.05) is 6.54 Å². The molecular formula is C34H30N8O2. The molecule has 44 heavy (non-hydrogen) atoms. The fraction of sp³-hybridized carbons (Fsp3) is 0.118. The van der Waals surface area contributed by atoms with E-state index in [-0.39, 0.29) is 23.6 Å². The molecule has 0 bridgehead atoms. The summed E-state index contributed by atoms with van der Waals surface area (Å²) in [7, 11) is 0. The highest BCUT2D eigenvalue weighted by atomic mass is 16.4. The average Bonchev–Trinajstić information content (AvgIpc) is 3.80. The molecule has 0 radical (unpaired) electrons. The quantitative estimate of drug-likeness (QED) is 0.165. The highest BCUT2D eigenvalue weighted by molar-refractivity contribution is 6.07. The Balaban J connectivity index is 0.00000188. The van der Waals surface area contributed by atoms with Gasteiger partial charge in [-0.1, -0.05) is 69.5 Å². The number of dihydropyridines is 1. The molecule has 0 N–H and O–H groups in total. The molecule has 6 rings (SSSR count). The molecule has 0 fully saturated rings. The van der Waals surface area contributed by atoms with Crippen molar-refractivity contribution in [1.82, 2.24) is 35.3 Å². The van der Waals surface area contributed by atoms with Gasteiger partial charge in [-0.3, -0.25) is 9.98 Å². The Morgan fingerprint density at radius 1 is 0.727 bits per heavy atom. The first-order valence-corrected chi connectivity index (χ1v) is 14.1. The molecule has 0 saturated carbocycles. The molecule has 6 heterocycles. The van der Waals surface area contributed by atoms with E-state index in [1.54, 1.807) is 36.6 Å². The zero-order chi connectivity index (χ0) is 30.7. The number of rotatable bonds is 9. The van der Waals surface area contributed by atoms with Gasteiger partial charge >= 0.3 is 0 Å². The molecule has 1 aliphatic rings. The largest absolute Gasteiger partial charge is 0.415 e. The molecule has 1 aliphatic heterocycles. The van der Waals surface area contributed by atoms with Gasteiger partial charge in [0.2, 0.25) is 11.8 Å². The molecule has 218 valence electrons. The minimum Gasteiger partial charge on any atom is -0.415 e. The standard InChI is InChI=1S/C32H24N8O2.C2H6/c1-3-11-22(30-38-40-32(42-30)28-17-10-15-26(36-28)24-13-6-8-19-34-24)20-21(4-2)29-37-39-31(41-29)27-16-9-14-25(35-27)23-12-5-7-18-33-23;1-2/h3-6,8-17,19-20H,1-2,7,18H2;1-2H3/b21-20+,22-11+;. The predicted octanol–water partition coefficient (Wildman–Crippen LogP) is 7.25. The Morgan fingerprint density at radius 3 is 1.98 bits per heavy atom. The van der Waals surface area contributed by atoms with Gasteiger partial charge in [0.15, 0.2) is 0 Å². The van der Waals surface area contributed by atoms with Crippen molar-refractivity contribution >= 4 is 16.9 Å². The Morgan fingerprint density at radius 2 is 1.36 bits per heavy atom. The zero-order valence-corrected chi connectivity index (χ0v) is 24.5. The molecule has 0 unspecified atom stereocenters. The summed E-state index contributed by atoms with van der Waals surface area (Å²) in [6.07, 6.45) is 13.4. The number of nitrogens with zero attached hydrogens (tertiary/aromatic N) is 8. The summed E-state index contributed by atoms with van der Waals surface area (Å²) in [6, 6.07) is 16.8. The van der Waals surface area contributed by atoms with Crippen LogP contribution in [0.1, 0.15) is 37.7 Å². The first kappa shape index (κ1) is 29.6. The topological polar surface area (TPSA) is 129 Å². The number of pyridine rings is 3. The van der Waals surface area contributed by atoms with E-state index in [1.807, 2.05) is 68.5 Å². The molecule has 0 aliphatic carbocycles. The number of allylic oxidation sites excluding steroid dienone is 7. The molecule has 5 aromatic heterocycles. The maximum atomic E-state index is 6.01. The third-order valence-electron chi connectivity index (χ3n) is 6.15. The number of aliphatic imine (C=N–C) groups is 1. The Bertz CT molecular complexity index is 1880. The highest BCUT2D eigenvalue weighted by Crippen LogP contribution is 2.27. The van der Waals surface area contributed by atoms with E-state index in [0.717, 1.165) is 30.1 Å². The van der Waals surface area contributed by atoms with Crippen LogP contribution in [0.3, 0.4) is 0 Å². The minimum atomic E-state index is 0.251. The zero-order valence-electron chi connectivity index (χ0n) is 24.5. The number of hydrogen-bond donors (Lipinski definition) is 0. The lowest BCUT2D eigenvalue weighted by molar-refractivity contribution is 0.550. The van der Waals surface area contributed by atoms with Crippen LogP contribution < -0.4 is 0 Å². The van der Waals surface area contributed by atoms with Crippen molar-refractivity contribution in [3.8, 4) is 34.6 Å². The van der Waals surface area contributed by atoms with Gasteiger partial charge in [-0.05, 0) is 55.0 Å². The molecule has 0 saturated heterocycles. The van der Waals surface area contributed by atoms with E-state index in [4.69, 9.17) is 8.83 Å². The van der Waals surface area contributed by atoms with Crippen molar-refractivity contribution < 1.29 is 8.83 Å². The van der Waals surface area contributed by atoms with Crippen LogP contribution in [-0.4, -0.2) is 47.6 Å². The third-order valence-corrected chi connectivity index (χ3v) is 6.15. The van der Waals surface area contributed by atoms with Crippen LogP contribution in [0.25, 0.3) is 45.7 Å². The summed E-state index contributed by atoms with van der Waals surface area (Å²) in [4.78, 5) is 18.2. The summed E-state index contributed by atoms with van der Waals surface area (Å²) in [6.45, 7) is 12.5. The van der Waals surface area contributed by atoms with Crippen molar-refractivity contribution in [3.05, 3.63) is 128 Å². The van der Waals surface area contributed by atoms with Crippen LogP contribution in [0.15, 0.2) is 124 Å². The summed E-state index contributed by atoms with van der Waals surface area (Å²) in [5.74, 6) is 1.04. The summed E-state index contributed by atoms with van der Waals surface area (Å²) in [5, 5.41) is 16.9. The van der Waals surface area contributed by atoms with Gasteiger partial charge in [-0.25, -0.2) is 9.97 Å². The molecule has 0 atom stereocenters. The second-order valence-corrected chi connectivity index (χ2v) is 8.98. The van der Waals surface area contributed by atoms with Crippen molar-refractivity contribution in [3.63, 3.8) is 0 Å². The van der Waals surface area contributed by atoms with E-state index in [1.165, 1.54) is 0 Å². The molecule has 0 amide bonds. The van der Waals surface area contributed by atoms with Crippen LogP contribution in [0.2, 0.25) is 0 Å². The summed E-state index contributed by atoms with van der Waals surface area (Å²) >= 11 is 0. The SMILES string of the molecule is C=C/C=C(\C=C(/C=C)c1nnc(-c2cccc(C3=NCCC=C3)n2)o1)c1nnc(-c2cccc(-c3ccccn3)n2)o1.CC. The van der Waals surface area contributed by atoms with Gasteiger partial charge in [-0.15, -0.1) is 20.4 Å². The van der Waals surface area contributed by atoms with Gasteiger partial charge in [0.05, 0.1) is 22.8 Å². The van der Waals surface area contributed by atoms with E-state index in [9.17, 15) is 0 Å². The monoisotopic (exact) mass is 582 g/mol. The van der Waals surface area contributed by atoms with E-state index in [2.05, 4.69) is 59.6 Å². The van der Waals surface area contributed by atoms with Crippen molar-refractivity contribution in [1.29, 1.82) is 0 Å². The van der Waals surface area contributed by atoms with E-state index in [0.29, 0.717) is 28.2 Å². The van der Waals surface area contributed by atoms with Crippen LogP contribution in [0.5, 0.6) is 0 Å². The lowest BCUT2D eigenvalue weighted by Gasteiger charge is -2.06. The normalized spacial score (nSPS) is 13.1. The highest BCUT2D eigenvalue weighted by Gasteiger charge is 2.17. The minimum absolute atomic E-state index is 0.251. The average molecular weight is 583 g/mol. The lowest BCUT2D eigenvalue weighted by Crippen LogP contribution is -2.05. The first-order chi connectivity index (χ1) is 21.7. The predicted molar refractivity (Wildman–Crippen MR) is 171 cm³/mol. The van der Waals surface area contributed by atoms with Gasteiger partial charge in [-0.2, -0.15) is 0 Å². The summed E-state index contributed by atoms with van der Waals surface area (Å²) in [5.41, 5.74) is 5.18. The molecular weight excluding hydrogens is 552 g/mol. The fourth-order valence-corrected chi connectivity index (χ4v) is 4.15. The van der Waals surface area contributed by atoms with Gasteiger partial charge < -0.3 is 8.83 Å². The number of aromatic nitrogens is 7. The van der Waals surface area contributed by atoms with Gasteiger partial charge in [0, 0.05) is 23.9 Å². The van der Waals surface area contributed by atoms with Crippen molar-refractivity contribution in [2.24, 2.45) is 4.99 Å². The Kier molecular flexibility index (Phi) is 9.63. The van der Waals surface area contributed by atoms with Crippen LogP contribution in [0.4, 0.5) is 0 Å². The third kappa shape index (κ3) is 6.76. The molecule has 10 heteroatoms. The number of hydrogen-bond acceptors (Lipinski definition) is 10. The summed E-state index contributed by atoms with van der Waals surface area (Å²) < 4.78 is 12.0. The first-order valence-electron chi connectivity index (χ1n) is 14.1. The van der Waals surface area contributed by atoms with Crippen LogP contribution >= 0.6 is 0 Å². The molecule has 5 aromatic rings. The Hall–Kier alpha value is -5.90. The van der Waals surface area contributed by atoms with E-state index < -0.39 is 0 Å². The second-order valence-electron chi connectivity index (χ2n) is 8.98. The molecule has 10 nitrogen and oxygen atoms in total. The maximum Gasteiger partial charge on any atom is 0.266 e. The molecule has 0 aromatic carbocycles. The smallest absolute Gasteiger partial charge is 0.266 e. The van der Waals surface area contributed by atoms with Gasteiger partial charge in [0.25, 0.3) is 11.8 Å². The second kappa shape index (κ2) is 14.3. The van der Waals surface area contributed by atoms with Crippen LogP contribution in [-0.2, 0) is 0 Å². The lowest BCUT2D eigenvalue weighted by atomic mass is 10.1. The maximum absolute atomic E-state index is 6.01. The fourth-order valence-electron chi connectivity index (χ4n) is 4.15. The van der Waals surface area contributed by atoms with E-state index >= 15 is 0 Å². The molecule has 0 spiro atoms. The van der Waals surface area contributed by atoms with Crippen molar-refractivity contribution in [2.45, 2.75) is 20.3 Å². The Labute approximate surface area is 255 Å². The van der Waals surface area contributed by atoms with Gasteiger partial charge in [0.1, 0.15) is 11.4 Å². The van der Waals surface area contributed by atoms with Crippen LogP contribution in [0, 0.1) is 0 Å².